The molecule has 0 aromatic carbocycles. The summed E-state index contributed by atoms with van der Waals surface area (Å²) in [5, 5.41) is 17.0. The Kier molecular flexibility index (Phi) is 15.2. The fourth-order valence-corrected chi connectivity index (χ4v) is 4.05. The molecule has 3 rings (SSSR count). The minimum absolute atomic E-state index is 0.167. The number of hydrogen-bond donors (Lipinski definition) is 2. The zero-order valence-corrected chi connectivity index (χ0v) is 20.8. The first kappa shape index (κ1) is 29.4. The molecular weight excluding hydrogens is 392 g/mol. The van der Waals surface area contributed by atoms with Crippen molar-refractivity contribution in [1.82, 2.24) is 0 Å². The highest BCUT2D eigenvalue weighted by Crippen LogP contribution is 2.42. The first-order valence-electron chi connectivity index (χ1n) is 12.2. The predicted molar refractivity (Wildman–Crippen MR) is 127 cm³/mol. The monoisotopic (exact) mass is 438 g/mol. The SMILES string of the molecule is CC.CCC(C)C(=O)O.CCC1C(C)C=CC2=C[C@H](C)CCC21.O=C1CC(O)CCO1. The van der Waals surface area contributed by atoms with Crippen molar-refractivity contribution < 1.29 is 24.5 Å². The molecule has 1 aliphatic heterocycles. The standard InChI is InChI=1S/C14H22.C5H8O3.C5H10O2.C2H6/c1-4-13-11(3)6-7-12-9-10(2)5-8-14(12)13;6-4-1-2-8-5(7)3-4;1-3-4(2)5(6)7;1-2/h6-7,9-11,13-14H,4-5,8H2,1-3H3;4,6H,1-3H2;4H,3H2,1-2H3,(H,6,7);1-2H3/t10-,11?,13?,14?;;;/m1.../s1. The number of allylic oxidation sites excluding steroid dienone is 4. The first-order chi connectivity index (χ1) is 14.7. The largest absolute Gasteiger partial charge is 0.481 e. The van der Waals surface area contributed by atoms with Crippen LogP contribution in [0.15, 0.2) is 23.8 Å². The van der Waals surface area contributed by atoms with E-state index in [1.807, 2.05) is 20.8 Å². The summed E-state index contributed by atoms with van der Waals surface area (Å²) in [6.07, 6.45) is 12.5. The summed E-state index contributed by atoms with van der Waals surface area (Å²) in [5.41, 5.74) is 1.63. The molecular formula is C26H46O5. The molecule has 0 bridgehead atoms. The molecule has 1 saturated heterocycles. The molecule has 1 heterocycles. The van der Waals surface area contributed by atoms with Crippen LogP contribution in [0.1, 0.15) is 87.0 Å². The van der Waals surface area contributed by atoms with Crippen molar-refractivity contribution in [2.75, 3.05) is 6.61 Å². The van der Waals surface area contributed by atoms with Crippen LogP contribution in [0, 0.1) is 29.6 Å². The molecule has 180 valence electrons. The molecule has 2 N–H and O–H groups in total. The zero-order chi connectivity index (χ0) is 24.0. The fourth-order valence-electron chi connectivity index (χ4n) is 4.05. The normalized spacial score (nSPS) is 29.7. The van der Waals surface area contributed by atoms with Crippen LogP contribution in [0.3, 0.4) is 0 Å². The van der Waals surface area contributed by atoms with E-state index in [4.69, 9.17) is 10.2 Å². The Morgan fingerprint density at radius 3 is 2.26 bits per heavy atom. The third kappa shape index (κ3) is 11.0. The number of cyclic esters (lactones) is 1. The van der Waals surface area contributed by atoms with Crippen LogP contribution in [-0.4, -0.2) is 34.9 Å². The average molecular weight is 439 g/mol. The molecule has 0 spiro atoms. The summed E-state index contributed by atoms with van der Waals surface area (Å²) in [4.78, 5) is 20.2. The van der Waals surface area contributed by atoms with Gasteiger partial charge in [0, 0.05) is 6.42 Å². The Labute approximate surface area is 190 Å². The minimum atomic E-state index is -0.706. The third-order valence-corrected chi connectivity index (χ3v) is 6.24. The average Bonchev–Trinajstić information content (AvgIpc) is 2.75. The lowest BCUT2D eigenvalue weighted by Gasteiger charge is -2.38. The van der Waals surface area contributed by atoms with Gasteiger partial charge in [-0.2, -0.15) is 0 Å². The molecule has 0 aromatic heterocycles. The van der Waals surface area contributed by atoms with Gasteiger partial charge >= 0.3 is 11.9 Å². The van der Waals surface area contributed by atoms with Gasteiger partial charge in [-0.1, -0.05) is 73.1 Å². The fraction of sp³-hybridized carbons (Fsp3) is 0.769. The van der Waals surface area contributed by atoms with Gasteiger partial charge in [0.25, 0.3) is 0 Å². The second kappa shape index (κ2) is 16.1. The molecule has 5 heteroatoms. The van der Waals surface area contributed by atoms with E-state index in [0.29, 0.717) is 13.0 Å². The molecule has 0 saturated carbocycles. The highest BCUT2D eigenvalue weighted by atomic mass is 16.5. The number of carboxylic acid groups (broad SMARTS) is 1. The van der Waals surface area contributed by atoms with Gasteiger partial charge in [-0.15, -0.1) is 0 Å². The lowest BCUT2D eigenvalue weighted by molar-refractivity contribution is -0.151. The van der Waals surface area contributed by atoms with Crippen molar-refractivity contribution in [3.05, 3.63) is 23.8 Å². The van der Waals surface area contributed by atoms with Crippen molar-refractivity contribution in [2.24, 2.45) is 29.6 Å². The van der Waals surface area contributed by atoms with Crippen molar-refractivity contribution >= 4 is 11.9 Å². The van der Waals surface area contributed by atoms with Crippen LogP contribution in [0.25, 0.3) is 0 Å². The number of fused-ring (bicyclic) bond motifs is 1. The molecule has 3 aliphatic rings. The van der Waals surface area contributed by atoms with E-state index in [1.165, 1.54) is 19.3 Å². The van der Waals surface area contributed by atoms with Crippen LogP contribution in [-0.2, 0) is 14.3 Å². The molecule has 0 radical (unpaired) electrons. The lowest BCUT2D eigenvalue weighted by atomic mass is 9.67. The topological polar surface area (TPSA) is 83.8 Å². The van der Waals surface area contributed by atoms with Crippen LogP contribution < -0.4 is 0 Å². The van der Waals surface area contributed by atoms with E-state index in [9.17, 15) is 9.59 Å². The molecule has 1 fully saturated rings. The van der Waals surface area contributed by atoms with Gasteiger partial charge in [0.1, 0.15) is 0 Å². The van der Waals surface area contributed by atoms with Gasteiger partial charge < -0.3 is 14.9 Å². The second-order valence-corrected chi connectivity index (χ2v) is 8.63. The minimum Gasteiger partial charge on any atom is -0.481 e. The molecule has 6 atom stereocenters. The van der Waals surface area contributed by atoms with E-state index in [-0.39, 0.29) is 18.3 Å². The number of esters is 1. The van der Waals surface area contributed by atoms with E-state index in [1.54, 1.807) is 12.5 Å². The maximum absolute atomic E-state index is 10.3. The Morgan fingerprint density at radius 2 is 1.84 bits per heavy atom. The van der Waals surface area contributed by atoms with E-state index in [2.05, 4.69) is 43.7 Å². The van der Waals surface area contributed by atoms with Gasteiger partial charge in [0.2, 0.25) is 0 Å². The maximum Gasteiger partial charge on any atom is 0.308 e. The molecule has 0 aromatic rings. The van der Waals surface area contributed by atoms with E-state index >= 15 is 0 Å². The molecule has 31 heavy (non-hydrogen) atoms. The van der Waals surface area contributed by atoms with E-state index < -0.39 is 12.1 Å². The van der Waals surface area contributed by atoms with Gasteiger partial charge in [-0.05, 0) is 48.5 Å². The number of aliphatic hydroxyl groups is 1. The maximum atomic E-state index is 10.3. The summed E-state index contributed by atoms with van der Waals surface area (Å²) in [7, 11) is 0. The van der Waals surface area contributed by atoms with Crippen molar-refractivity contribution in [1.29, 1.82) is 0 Å². The number of carbonyl (C=O) groups is 2. The summed E-state index contributed by atoms with van der Waals surface area (Å²) in [6, 6.07) is 0. The van der Waals surface area contributed by atoms with Gasteiger partial charge in [0.05, 0.1) is 25.0 Å². The summed E-state index contributed by atoms with van der Waals surface area (Å²) < 4.78 is 4.55. The van der Waals surface area contributed by atoms with Crippen molar-refractivity contribution in [3.63, 3.8) is 0 Å². The van der Waals surface area contributed by atoms with Gasteiger partial charge in [-0.25, -0.2) is 0 Å². The molecule has 0 amide bonds. The molecule has 2 aliphatic carbocycles. The number of aliphatic carboxylic acids is 1. The second-order valence-electron chi connectivity index (χ2n) is 8.63. The predicted octanol–water partition coefficient (Wildman–Crippen LogP) is 6.02. The number of ether oxygens (including phenoxy) is 1. The van der Waals surface area contributed by atoms with Gasteiger partial charge in [-0.3, -0.25) is 9.59 Å². The Hall–Kier alpha value is -1.62. The number of aliphatic hydroxyl groups excluding tert-OH is 1. The summed E-state index contributed by atoms with van der Waals surface area (Å²) in [5.74, 6) is 2.19. The summed E-state index contributed by atoms with van der Waals surface area (Å²) >= 11 is 0. The highest BCUT2D eigenvalue weighted by Gasteiger charge is 2.31. The lowest BCUT2D eigenvalue weighted by Crippen LogP contribution is -2.27. The van der Waals surface area contributed by atoms with Crippen LogP contribution >= 0.6 is 0 Å². The molecule has 5 nitrogen and oxygen atoms in total. The Morgan fingerprint density at radius 1 is 1.19 bits per heavy atom. The number of carbonyl (C=O) groups excluding carboxylic acids is 1. The highest BCUT2D eigenvalue weighted by molar-refractivity contribution is 5.70. The summed E-state index contributed by atoms with van der Waals surface area (Å²) in [6.45, 7) is 15.0. The smallest absolute Gasteiger partial charge is 0.308 e. The Balaban J connectivity index is 0.000000454. The quantitative estimate of drug-likeness (QED) is 0.527. The van der Waals surface area contributed by atoms with E-state index in [0.717, 1.165) is 30.1 Å². The third-order valence-electron chi connectivity index (χ3n) is 6.24. The van der Waals surface area contributed by atoms with Crippen LogP contribution in [0.4, 0.5) is 0 Å². The van der Waals surface area contributed by atoms with Crippen LogP contribution in [0.5, 0.6) is 0 Å². The first-order valence-corrected chi connectivity index (χ1v) is 12.2. The number of rotatable bonds is 3. The number of hydrogen-bond acceptors (Lipinski definition) is 4. The van der Waals surface area contributed by atoms with Crippen molar-refractivity contribution in [3.8, 4) is 0 Å². The zero-order valence-electron chi connectivity index (χ0n) is 20.8. The molecule has 5 unspecified atom stereocenters. The van der Waals surface area contributed by atoms with Crippen molar-refractivity contribution in [2.45, 2.75) is 93.1 Å². The van der Waals surface area contributed by atoms with Crippen LogP contribution in [0.2, 0.25) is 0 Å². The Bertz CT molecular complexity index is 580. The van der Waals surface area contributed by atoms with Gasteiger partial charge in [0.15, 0.2) is 0 Å². The number of carboxylic acids is 1.